The van der Waals surface area contributed by atoms with E-state index in [9.17, 15) is 4.79 Å². The number of amides is 1. The van der Waals surface area contributed by atoms with E-state index in [0.717, 1.165) is 12.0 Å². The molecule has 0 aliphatic carbocycles. The van der Waals surface area contributed by atoms with E-state index in [0.29, 0.717) is 13.2 Å². The second kappa shape index (κ2) is 7.34. The van der Waals surface area contributed by atoms with Gasteiger partial charge >= 0.3 is 6.09 Å². The van der Waals surface area contributed by atoms with E-state index in [1.807, 2.05) is 43.3 Å². The minimum atomic E-state index is -0.373. The standard InChI is InChI=1S/C17H19NO2/c1-2-18-17(19)20-13-16-11-7-6-10-15(16)12-14-8-4-3-5-9-14/h3-11H,2,12-13H2,1H3,(H,18,19). The Morgan fingerprint density at radius 3 is 2.35 bits per heavy atom. The molecule has 2 aromatic rings. The molecule has 0 fully saturated rings. The zero-order valence-corrected chi connectivity index (χ0v) is 11.6. The molecule has 0 radical (unpaired) electrons. The van der Waals surface area contributed by atoms with Crippen LogP contribution in [-0.4, -0.2) is 12.6 Å². The van der Waals surface area contributed by atoms with Crippen LogP contribution >= 0.6 is 0 Å². The molecule has 0 bridgehead atoms. The van der Waals surface area contributed by atoms with Crippen LogP contribution in [0.5, 0.6) is 0 Å². The van der Waals surface area contributed by atoms with E-state index >= 15 is 0 Å². The van der Waals surface area contributed by atoms with Crippen LogP contribution in [-0.2, 0) is 17.8 Å². The third-order valence-corrected chi connectivity index (χ3v) is 3.04. The van der Waals surface area contributed by atoms with Crippen LogP contribution in [0.2, 0.25) is 0 Å². The Hall–Kier alpha value is -2.29. The van der Waals surface area contributed by atoms with E-state index < -0.39 is 0 Å². The van der Waals surface area contributed by atoms with Crippen molar-refractivity contribution >= 4 is 6.09 Å². The quantitative estimate of drug-likeness (QED) is 0.901. The normalized spacial score (nSPS) is 10.1. The fourth-order valence-electron chi connectivity index (χ4n) is 2.03. The lowest BCUT2D eigenvalue weighted by molar-refractivity contribution is 0.140. The van der Waals surface area contributed by atoms with Gasteiger partial charge in [0, 0.05) is 6.54 Å². The summed E-state index contributed by atoms with van der Waals surface area (Å²) >= 11 is 0. The molecule has 0 atom stereocenters. The van der Waals surface area contributed by atoms with E-state index in [-0.39, 0.29) is 6.09 Å². The molecule has 3 heteroatoms. The van der Waals surface area contributed by atoms with Gasteiger partial charge in [-0.15, -0.1) is 0 Å². The Morgan fingerprint density at radius 1 is 1.00 bits per heavy atom. The van der Waals surface area contributed by atoms with Crippen LogP contribution in [0.3, 0.4) is 0 Å². The summed E-state index contributed by atoms with van der Waals surface area (Å²) in [6, 6.07) is 18.3. The molecule has 0 saturated carbocycles. The largest absolute Gasteiger partial charge is 0.445 e. The second-order valence-corrected chi connectivity index (χ2v) is 4.54. The first-order valence-electron chi connectivity index (χ1n) is 6.81. The molecule has 0 aliphatic heterocycles. The van der Waals surface area contributed by atoms with Gasteiger partial charge in [-0.1, -0.05) is 54.6 Å². The average Bonchev–Trinajstić information content (AvgIpc) is 2.48. The third-order valence-electron chi connectivity index (χ3n) is 3.04. The Balaban J connectivity index is 2.04. The first-order valence-corrected chi connectivity index (χ1v) is 6.81. The molecule has 3 nitrogen and oxygen atoms in total. The number of hydrogen-bond acceptors (Lipinski definition) is 2. The molecule has 20 heavy (non-hydrogen) atoms. The van der Waals surface area contributed by atoms with Crippen molar-refractivity contribution in [2.24, 2.45) is 0 Å². The maximum absolute atomic E-state index is 11.4. The molecule has 1 N–H and O–H groups in total. The van der Waals surface area contributed by atoms with Gasteiger partial charge in [-0.05, 0) is 30.0 Å². The Morgan fingerprint density at radius 2 is 1.65 bits per heavy atom. The highest BCUT2D eigenvalue weighted by atomic mass is 16.5. The van der Waals surface area contributed by atoms with Gasteiger partial charge in [0.05, 0.1) is 0 Å². The van der Waals surface area contributed by atoms with Gasteiger partial charge in [0.15, 0.2) is 0 Å². The molecule has 2 rings (SSSR count). The summed E-state index contributed by atoms with van der Waals surface area (Å²) in [7, 11) is 0. The molecule has 0 heterocycles. The predicted octanol–water partition coefficient (Wildman–Crippen LogP) is 3.52. The summed E-state index contributed by atoms with van der Waals surface area (Å²) in [4.78, 5) is 11.4. The maximum atomic E-state index is 11.4. The number of nitrogens with one attached hydrogen (secondary N) is 1. The van der Waals surface area contributed by atoms with Crippen LogP contribution < -0.4 is 5.32 Å². The van der Waals surface area contributed by atoms with Crippen molar-refractivity contribution in [3.63, 3.8) is 0 Å². The molecular weight excluding hydrogens is 250 g/mol. The molecular formula is C17H19NO2. The number of ether oxygens (including phenoxy) is 1. The highest BCUT2D eigenvalue weighted by Gasteiger charge is 2.06. The lowest BCUT2D eigenvalue weighted by Crippen LogP contribution is -2.23. The van der Waals surface area contributed by atoms with Crippen LogP contribution in [0.4, 0.5) is 4.79 Å². The summed E-state index contributed by atoms with van der Waals surface area (Å²) in [5.41, 5.74) is 3.48. The molecule has 1 amide bonds. The predicted molar refractivity (Wildman–Crippen MR) is 79.6 cm³/mol. The Bertz CT molecular complexity index is 552. The van der Waals surface area contributed by atoms with Crippen molar-refractivity contribution in [3.05, 3.63) is 71.3 Å². The zero-order chi connectivity index (χ0) is 14.2. The number of alkyl carbamates (subject to hydrolysis) is 1. The summed E-state index contributed by atoms with van der Waals surface area (Å²) in [6.45, 7) is 2.74. The minimum Gasteiger partial charge on any atom is -0.445 e. The average molecular weight is 269 g/mol. The molecule has 0 aliphatic rings. The molecule has 0 saturated heterocycles. The zero-order valence-electron chi connectivity index (χ0n) is 11.6. The fraction of sp³-hybridized carbons (Fsp3) is 0.235. The number of benzene rings is 2. The molecule has 2 aromatic carbocycles. The van der Waals surface area contributed by atoms with Gasteiger partial charge < -0.3 is 10.1 Å². The number of rotatable bonds is 5. The van der Waals surface area contributed by atoms with E-state index in [4.69, 9.17) is 4.74 Å². The summed E-state index contributed by atoms with van der Waals surface area (Å²) in [6.07, 6.45) is 0.470. The molecule has 104 valence electrons. The van der Waals surface area contributed by atoms with Gasteiger partial charge in [0.1, 0.15) is 6.61 Å². The van der Waals surface area contributed by atoms with Gasteiger partial charge in [-0.25, -0.2) is 4.79 Å². The van der Waals surface area contributed by atoms with Gasteiger partial charge in [-0.2, -0.15) is 0 Å². The number of hydrogen-bond donors (Lipinski definition) is 1. The number of carbonyl (C=O) groups excluding carboxylic acids is 1. The van der Waals surface area contributed by atoms with Gasteiger partial charge in [0.2, 0.25) is 0 Å². The minimum absolute atomic E-state index is 0.300. The topological polar surface area (TPSA) is 38.3 Å². The third kappa shape index (κ3) is 4.12. The first-order chi connectivity index (χ1) is 9.79. The van der Waals surface area contributed by atoms with Gasteiger partial charge in [-0.3, -0.25) is 0 Å². The van der Waals surface area contributed by atoms with Crippen molar-refractivity contribution in [2.45, 2.75) is 20.0 Å². The highest BCUT2D eigenvalue weighted by molar-refractivity contribution is 5.67. The van der Waals surface area contributed by atoms with Crippen LogP contribution in [0, 0.1) is 0 Å². The SMILES string of the molecule is CCNC(=O)OCc1ccccc1Cc1ccccc1. The smallest absolute Gasteiger partial charge is 0.407 e. The van der Waals surface area contributed by atoms with Gasteiger partial charge in [0.25, 0.3) is 0 Å². The van der Waals surface area contributed by atoms with E-state index in [1.54, 1.807) is 0 Å². The van der Waals surface area contributed by atoms with Crippen molar-refractivity contribution in [2.75, 3.05) is 6.54 Å². The molecule has 0 spiro atoms. The second-order valence-electron chi connectivity index (χ2n) is 4.54. The Kier molecular flexibility index (Phi) is 5.18. The fourth-order valence-corrected chi connectivity index (χ4v) is 2.03. The lowest BCUT2D eigenvalue weighted by Gasteiger charge is -2.10. The van der Waals surface area contributed by atoms with Crippen molar-refractivity contribution in [3.8, 4) is 0 Å². The number of carbonyl (C=O) groups is 1. The lowest BCUT2D eigenvalue weighted by atomic mass is 10.0. The molecule has 0 unspecified atom stereocenters. The first kappa shape index (κ1) is 14.1. The van der Waals surface area contributed by atoms with Crippen LogP contribution in [0.1, 0.15) is 23.6 Å². The summed E-state index contributed by atoms with van der Waals surface area (Å²) < 4.78 is 5.20. The van der Waals surface area contributed by atoms with Crippen molar-refractivity contribution in [1.82, 2.24) is 5.32 Å². The van der Waals surface area contributed by atoms with Crippen LogP contribution in [0.25, 0.3) is 0 Å². The van der Waals surface area contributed by atoms with Crippen molar-refractivity contribution in [1.29, 1.82) is 0 Å². The maximum Gasteiger partial charge on any atom is 0.407 e. The van der Waals surface area contributed by atoms with E-state index in [1.165, 1.54) is 11.1 Å². The van der Waals surface area contributed by atoms with Crippen LogP contribution in [0.15, 0.2) is 54.6 Å². The summed E-state index contributed by atoms with van der Waals surface area (Å²) in [5, 5.41) is 2.62. The van der Waals surface area contributed by atoms with Crippen molar-refractivity contribution < 1.29 is 9.53 Å². The monoisotopic (exact) mass is 269 g/mol. The summed E-state index contributed by atoms with van der Waals surface area (Å²) in [5.74, 6) is 0. The highest BCUT2D eigenvalue weighted by Crippen LogP contribution is 2.15. The molecule has 0 aromatic heterocycles. The Labute approximate surface area is 119 Å². The van der Waals surface area contributed by atoms with E-state index in [2.05, 4.69) is 23.5 Å².